The molecule has 29 heavy (non-hydrogen) atoms. The summed E-state index contributed by atoms with van der Waals surface area (Å²) in [6.45, 7) is 4.91. The van der Waals surface area contributed by atoms with E-state index in [1.165, 1.54) is 31.5 Å². The van der Waals surface area contributed by atoms with Gasteiger partial charge in [-0.15, -0.1) is 0 Å². The van der Waals surface area contributed by atoms with Gasteiger partial charge in [0.05, 0.1) is 24.5 Å². The summed E-state index contributed by atoms with van der Waals surface area (Å²) in [5, 5.41) is 12.1. The summed E-state index contributed by atoms with van der Waals surface area (Å²) in [6.07, 6.45) is -3.37. The van der Waals surface area contributed by atoms with Crippen molar-refractivity contribution in [2.45, 2.75) is 51.8 Å². The molecule has 0 bridgehead atoms. The number of halogens is 3. The van der Waals surface area contributed by atoms with E-state index < -0.39 is 18.2 Å². The zero-order valence-electron chi connectivity index (χ0n) is 16.5. The summed E-state index contributed by atoms with van der Waals surface area (Å²) in [4.78, 5) is 19.2. The first-order chi connectivity index (χ1) is 13.7. The molecule has 0 fully saturated rings. The number of aliphatic carboxylic acids is 1. The third-order valence-electron chi connectivity index (χ3n) is 4.44. The maximum atomic E-state index is 13.6. The van der Waals surface area contributed by atoms with Gasteiger partial charge in [-0.05, 0) is 37.8 Å². The van der Waals surface area contributed by atoms with Crippen molar-refractivity contribution in [3.63, 3.8) is 0 Å². The smallest absolute Gasteiger partial charge is 0.418 e. The molecule has 0 saturated carbocycles. The van der Waals surface area contributed by atoms with Gasteiger partial charge in [-0.3, -0.25) is 4.79 Å². The van der Waals surface area contributed by atoms with Crippen LogP contribution in [0.5, 0.6) is 0 Å². The van der Waals surface area contributed by atoms with Gasteiger partial charge >= 0.3 is 12.1 Å². The Bertz CT molecular complexity index is 826. The number of hydrogen-bond donors (Lipinski definition) is 2. The van der Waals surface area contributed by atoms with Gasteiger partial charge in [-0.2, -0.15) is 13.2 Å². The van der Waals surface area contributed by atoms with Gasteiger partial charge in [0.1, 0.15) is 5.82 Å². The molecule has 1 heterocycles. The lowest BCUT2D eigenvalue weighted by Gasteiger charge is -2.25. The Morgan fingerprint density at radius 2 is 1.90 bits per heavy atom. The molecule has 158 valence electrons. The molecule has 0 aliphatic heterocycles. The van der Waals surface area contributed by atoms with Gasteiger partial charge < -0.3 is 15.2 Å². The van der Waals surface area contributed by atoms with Crippen molar-refractivity contribution in [3.05, 3.63) is 47.5 Å². The number of aromatic nitrogens is 2. The molecule has 6 nitrogen and oxygen atoms in total. The average molecular weight is 411 g/mol. The molecule has 1 aromatic heterocycles. The summed E-state index contributed by atoms with van der Waals surface area (Å²) in [5.41, 5.74) is 1.13. The van der Waals surface area contributed by atoms with Crippen LogP contribution in [0.4, 0.5) is 24.5 Å². The summed E-state index contributed by atoms with van der Waals surface area (Å²) < 4.78 is 45.8. The molecule has 0 saturated heterocycles. The van der Waals surface area contributed by atoms with Crippen molar-refractivity contribution in [2.75, 3.05) is 11.9 Å². The predicted molar refractivity (Wildman–Crippen MR) is 102 cm³/mol. The maximum Gasteiger partial charge on any atom is 0.418 e. The number of hydrogen-bond acceptors (Lipinski definition) is 5. The van der Waals surface area contributed by atoms with Crippen LogP contribution in [0.3, 0.4) is 0 Å². The van der Waals surface area contributed by atoms with Crippen LogP contribution in [-0.4, -0.2) is 33.8 Å². The van der Waals surface area contributed by atoms with Crippen molar-refractivity contribution in [2.24, 2.45) is 0 Å². The molecule has 2 N–H and O–H groups in total. The minimum absolute atomic E-state index is 0.0890. The zero-order valence-corrected chi connectivity index (χ0v) is 16.5. The van der Waals surface area contributed by atoms with Crippen LogP contribution in [0.2, 0.25) is 0 Å². The number of rotatable bonds is 9. The molecule has 2 rings (SSSR count). The fourth-order valence-electron chi connectivity index (χ4n) is 3.01. The minimum atomic E-state index is -4.61. The summed E-state index contributed by atoms with van der Waals surface area (Å²) in [6, 6.07) is 4.41. The number of alkyl halides is 3. The maximum absolute atomic E-state index is 13.6. The minimum Gasteiger partial charge on any atom is -0.481 e. The monoisotopic (exact) mass is 411 g/mol. The van der Waals surface area contributed by atoms with E-state index in [-0.39, 0.29) is 30.2 Å². The van der Waals surface area contributed by atoms with E-state index in [1.807, 2.05) is 6.92 Å². The lowest BCUT2D eigenvalue weighted by molar-refractivity contribution is -0.222. The third-order valence-corrected chi connectivity index (χ3v) is 4.44. The Labute approximate surface area is 167 Å². The quantitative estimate of drug-likeness (QED) is 0.595. The van der Waals surface area contributed by atoms with Crippen LogP contribution in [0.1, 0.15) is 55.7 Å². The average Bonchev–Trinajstić information content (AvgIpc) is 2.65. The van der Waals surface area contributed by atoms with Gasteiger partial charge in [0.15, 0.2) is 6.10 Å². The fourth-order valence-corrected chi connectivity index (χ4v) is 3.01. The van der Waals surface area contributed by atoms with Crippen LogP contribution in [0, 0.1) is 6.92 Å². The lowest BCUT2D eigenvalue weighted by atomic mass is 9.91. The molecule has 0 aliphatic rings. The highest BCUT2D eigenvalue weighted by Crippen LogP contribution is 2.41. The number of benzene rings is 1. The van der Waals surface area contributed by atoms with E-state index in [2.05, 4.69) is 15.3 Å². The Morgan fingerprint density at radius 3 is 2.41 bits per heavy atom. The summed E-state index contributed by atoms with van der Waals surface area (Å²) in [7, 11) is 0. The van der Waals surface area contributed by atoms with Crippen molar-refractivity contribution in [3.8, 4) is 0 Å². The molecule has 0 amide bonds. The number of nitrogens with zero attached hydrogens (tertiary/aromatic N) is 2. The second-order valence-electron chi connectivity index (χ2n) is 6.57. The zero-order chi connectivity index (χ0) is 21.6. The summed E-state index contributed by atoms with van der Waals surface area (Å²) >= 11 is 0. The highest BCUT2D eigenvalue weighted by Gasteiger charge is 2.43. The van der Waals surface area contributed by atoms with Crippen LogP contribution in [-0.2, 0) is 9.53 Å². The Kier molecular flexibility index (Phi) is 7.55. The van der Waals surface area contributed by atoms with Crippen molar-refractivity contribution in [1.82, 2.24) is 9.97 Å². The molecule has 1 aromatic carbocycles. The first-order valence-electron chi connectivity index (χ1n) is 9.25. The topological polar surface area (TPSA) is 84.3 Å². The molecular weight excluding hydrogens is 387 g/mol. The van der Waals surface area contributed by atoms with Crippen molar-refractivity contribution in [1.29, 1.82) is 0 Å². The van der Waals surface area contributed by atoms with E-state index in [4.69, 9.17) is 9.84 Å². The Hall–Kier alpha value is -2.68. The molecule has 2 unspecified atom stereocenters. The standard InChI is InChI=1S/C20H24F3N3O3/c1-4-13(9-18(27)28)14-6-7-16(19(29-5-2)20(21,22)23)17(8-14)26-15-10-24-12(3)25-11-15/h6-8,10-11,13,19,26H,4-5,9H2,1-3H3,(H,27,28). The molecule has 9 heteroatoms. The largest absolute Gasteiger partial charge is 0.481 e. The Balaban J connectivity index is 2.53. The van der Waals surface area contributed by atoms with Gasteiger partial charge in [0, 0.05) is 17.9 Å². The molecule has 0 aliphatic carbocycles. The van der Waals surface area contributed by atoms with Crippen LogP contribution >= 0.6 is 0 Å². The van der Waals surface area contributed by atoms with E-state index in [1.54, 1.807) is 13.0 Å². The van der Waals surface area contributed by atoms with Gasteiger partial charge in [-0.25, -0.2) is 9.97 Å². The normalized spacial score (nSPS) is 13.7. The van der Waals surface area contributed by atoms with Crippen molar-refractivity contribution < 1.29 is 27.8 Å². The van der Waals surface area contributed by atoms with E-state index >= 15 is 0 Å². The number of carboxylic acids is 1. The molecular formula is C20H24F3N3O3. The second-order valence-corrected chi connectivity index (χ2v) is 6.57. The van der Waals surface area contributed by atoms with Gasteiger partial charge in [-0.1, -0.05) is 19.1 Å². The predicted octanol–water partition coefficient (Wildman–Crippen LogP) is 5.14. The second kappa shape index (κ2) is 9.69. The van der Waals surface area contributed by atoms with Crippen LogP contribution in [0.25, 0.3) is 0 Å². The van der Waals surface area contributed by atoms with E-state index in [0.717, 1.165) is 0 Å². The number of nitrogens with one attached hydrogen (secondary N) is 1. The first-order valence-corrected chi connectivity index (χ1v) is 9.25. The number of anilines is 2. The molecule has 0 radical (unpaired) electrons. The fraction of sp³-hybridized carbons (Fsp3) is 0.450. The summed E-state index contributed by atoms with van der Waals surface area (Å²) in [5.74, 6) is -0.767. The number of aryl methyl sites for hydroxylation is 1. The highest BCUT2D eigenvalue weighted by atomic mass is 19.4. The molecule has 2 aromatic rings. The number of ether oxygens (including phenoxy) is 1. The van der Waals surface area contributed by atoms with Crippen LogP contribution < -0.4 is 5.32 Å². The number of carbonyl (C=O) groups is 1. The third kappa shape index (κ3) is 6.15. The van der Waals surface area contributed by atoms with Gasteiger partial charge in [0.25, 0.3) is 0 Å². The van der Waals surface area contributed by atoms with E-state index in [0.29, 0.717) is 23.5 Å². The number of carboxylic acid groups (broad SMARTS) is 1. The van der Waals surface area contributed by atoms with Crippen LogP contribution in [0.15, 0.2) is 30.6 Å². The first kappa shape index (κ1) is 22.6. The Morgan fingerprint density at radius 1 is 1.24 bits per heavy atom. The molecule has 0 spiro atoms. The van der Waals surface area contributed by atoms with Crippen molar-refractivity contribution >= 4 is 17.3 Å². The molecule has 2 atom stereocenters. The van der Waals surface area contributed by atoms with E-state index in [9.17, 15) is 18.0 Å². The highest BCUT2D eigenvalue weighted by molar-refractivity contribution is 5.69. The lowest BCUT2D eigenvalue weighted by Crippen LogP contribution is -2.24. The SMILES string of the molecule is CCOC(c1ccc(C(CC)CC(=O)O)cc1Nc1cnc(C)nc1)C(F)(F)F. The van der Waals surface area contributed by atoms with Gasteiger partial charge in [0.2, 0.25) is 0 Å².